The van der Waals surface area contributed by atoms with Gasteiger partial charge in [0.25, 0.3) is 0 Å². The molecule has 54 valence electrons. The van der Waals surface area contributed by atoms with Crippen molar-refractivity contribution in [2.45, 2.75) is 46.2 Å². The lowest BCUT2D eigenvalue weighted by Gasteiger charge is -1.99. The number of rotatable bonds is 3. The summed E-state index contributed by atoms with van der Waals surface area (Å²) in [4.78, 5) is 0. The van der Waals surface area contributed by atoms with Gasteiger partial charge in [-0.2, -0.15) is 10.2 Å². The topological polar surface area (TPSA) is 24.7 Å². The molecule has 0 spiro atoms. The Bertz CT molecular complexity index is 86.9. The molecule has 2 heteroatoms. The Kier molecular flexibility index (Phi) is 4.28. The molecule has 1 unspecified atom stereocenters. The summed E-state index contributed by atoms with van der Waals surface area (Å²) in [7, 11) is 0. The summed E-state index contributed by atoms with van der Waals surface area (Å²) in [6.07, 6.45) is 1.08. The second-order valence-corrected chi connectivity index (χ2v) is 2.58. The first-order valence-corrected chi connectivity index (χ1v) is 3.56. The summed E-state index contributed by atoms with van der Waals surface area (Å²) >= 11 is 0. The molecule has 0 aliphatic heterocycles. The minimum Gasteiger partial charge on any atom is -0.191 e. The van der Waals surface area contributed by atoms with Crippen molar-refractivity contribution in [3.05, 3.63) is 0 Å². The summed E-state index contributed by atoms with van der Waals surface area (Å²) < 4.78 is 0. The van der Waals surface area contributed by atoms with Crippen molar-refractivity contribution >= 4 is 0 Å². The number of nitrogens with zero attached hydrogens (tertiary/aromatic N) is 2. The van der Waals surface area contributed by atoms with Crippen LogP contribution in [0.15, 0.2) is 10.2 Å². The Balaban J connectivity index is 3.43. The molecular weight excluding hydrogens is 112 g/mol. The fourth-order valence-electron chi connectivity index (χ4n) is 0.329. The largest absolute Gasteiger partial charge is 0.191 e. The van der Waals surface area contributed by atoms with E-state index in [1.165, 1.54) is 0 Å². The van der Waals surface area contributed by atoms with Crippen molar-refractivity contribution in [1.29, 1.82) is 0 Å². The molecule has 9 heavy (non-hydrogen) atoms. The lowest BCUT2D eigenvalue weighted by molar-refractivity contribution is 0.627. The average Bonchev–Trinajstić information content (AvgIpc) is 1.83. The summed E-state index contributed by atoms with van der Waals surface area (Å²) in [6, 6.07) is 0.742. The van der Waals surface area contributed by atoms with Crippen LogP contribution >= 0.6 is 0 Å². The first-order valence-electron chi connectivity index (χ1n) is 3.56. The number of azo groups is 1. The molecule has 0 aromatic rings. The van der Waals surface area contributed by atoms with E-state index in [1.807, 2.05) is 13.8 Å². The molecule has 0 aromatic carbocycles. The van der Waals surface area contributed by atoms with E-state index < -0.39 is 0 Å². The second-order valence-electron chi connectivity index (χ2n) is 2.58. The van der Waals surface area contributed by atoms with Crippen LogP contribution in [0.5, 0.6) is 0 Å². The molecular formula is C7H16N2. The van der Waals surface area contributed by atoms with Gasteiger partial charge in [0.15, 0.2) is 0 Å². The van der Waals surface area contributed by atoms with E-state index in [-0.39, 0.29) is 0 Å². The van der Waals surface area contributed by atoms with Crippen LogP contribution in [-0.4, -0.2) is 12.1 Å². The van der Waals surface area contributed by atoms with Gasteiger partial charge in [-0.05, 0) is 27.2 Å². The molecule has 0 bridgehead atoms. The first kappa shape index (κ1) is 8.60. The van der Waals surface area contributed by atoms with Crippen LogP contribution in [0.1, 0.15) is 34.1 Å². The highest BCUT2D eigenvalue weighted by Crippen LogP contribution is 1.97. The normalized spacial score (nSPS) is 15.2. The molecule has 0 radical (unpaired) electrons. The molecule has 2 nitrogen and oxygen atoms in total. The van der Waals surface area contributed by atoms with Crippen molar-refractivity contribution in [2.75, 3.05) is 0 Å². The Morgan fingerprint density at radius 2 is 1.67 bits per heavy atom. The van der Waals surface area contributed by atoms with Gasteiger partial charge in [-0.15, -0.1) is 0 Å². The summed E-state index contributed by atoms with van der Waals surface area (Å²) in [5.41, 5.74) is 0. The lowest BCUT2D eigenvalue weighted by atomic mass is 10.3. The third kappa shape index (κ3) is 5.47. The summed E-state index contributed by atoms with van der Waals surface area (Å²) in [6.45, 7) is 8.26. The highest BCUT2D eigenvalue weighted by Gasteiger charge is 1.92. The van der Waals surface area contributed by atoms with Gasteiger partial charge >= 0.3 is 0 Å². The zero-order chi connectivity index (χ0) is 7.28. The van der Waals surface area contributed by atoms with Crippen LogP contribution < -0.4 is 0 Å². The Hall–Kier alpha value is -0.400. The third-order valence-corrected chi connectivity index (χ3v) is 1.09. The zero-order valence-electron chi connectivity index (χ0n) is 6.76. The van der Waals surface area contributed by atoms with E-state index in [9.17, 15) is 0 Å². The van der Waals surface area contributed by atoms with Gasteiger partial charge in [-0.25, -0.2) is 0 Å². The number of hydrogen-bond donors (Lipinski definition) is 0. The highest BCUT2D eigenvalue weighted by molar-refractivity contribution is 4.54. The van der Waals surface area contributed by atoms with Crippen LogP contribution in [0.25, 0.3) is 0 Å². The van der Waals surface area contributed by atoms with Gasteiger partial charge in [-0.1, -0.05) is 6.92 Å². The standard InChI is InChI=1S/C7H16N2/c1-5-7(4)9-8-6(2)3/h6-7H,5H2,1-4H3. The molecule has 0 aliphatic carbocycles. The molecule has 0 saturated heterocycles. The predicted octanol–water partition coefficient (Wildman–Crippen LogP) is 2.65. The average molecular weight is 128 g/mol. The minimum atomic E-state index is 0.346. The molecule has 0 saturated carbocycles. The van der Waals surface area contributed by atoms with E-state index in [4.69, 9.17) is 0 Å². The van der Waals surface area contributed by atoms with E-state index in [2.05, 4.69) is 24.1 Å². The Morgan fingerprint density at radius 3 is 2.00 bits per heavy atom. The maximum absolute atomic E-state index is 4.07. The van der Waals surface area contributed by atoms with E-state index in [0.717, 1.165) is 6.42 Å². The first-order chi connectivity index (χ1) is 4.16. The van der Waals surface area contributed by atoms with Gasteiger partial charge in [0.2, 0.25) is 0 Å². The van der Waals surface area contributed by atoms with Crippen molar-refractivity contribution in [1.82, 2.24) is 0 Å². The second kappa shape index (κ2) is 4.48. The maximum atomic E-state index is 4.07. The van der Waals surface area contributed by atoms with Crippen molar-refractivity contribution in [2.24, 2.45) is 10.2 Å². The lowest BCUT2D eigenvalue weighted by Crippen LogP contribution is -1.95. The Morgan fingerprint density at radius 1 is 1.11 bits per heavy atom. The molecule has 0 aromatic heterocycles. The molecule has 0 rings (SSSR count). The smallest absolute Gasteiger partial charge is 0.0677 e. The zero-order valence-corrected chi connectivity index (χ0v) is 6.76. The summed E-state index contributed by atoms with van der Waals surface area (Å²) in [5, 5.41) is 8.09. The van der Waals surface area contributed by atoms with E-state index in [1.54, 1.807) is 0 Å². The highest BCUT2D eigenvalue weighted by atomic mass is 15.1. The van der Waals surface area contributed by atoms with E-state index >= 15 is 0 Å². The molecule has 0 N–H and O–H groups in total. The summed E-state index contributed by atoms with van der Waals surface area (Å²) in [5.74, 6) is 0. The molecule has 0 heterocycles. The van der Waals surface area contributed by atoms with Gasteiger partial charge in [0, 0.05) is 0 Å². The van der Waals surface area contributed by atoms with Crippen LogP contribution in [0.3, 0.4) is 0 Å². The molecule has 1 atom stereocenters. The third-order valence-electron chi connectivity index (χ3n) is 1.09. The van der Waals surface area contributed by atoms with Crippen LogP contribution in [-0.2, 0) is 0 Å². The molecule has 0 amide bonds. The quantitative estimate of drug-likeness (QED) is 0.522. The Labute approximate surface area is 57.4 Å². The van der Waals surface area contributed by atoms with Gasteiger partial charge in [0.05, 0.1) is 12.1 Å². The molecule has 0 fully saturated rings. The van der Waals surface area contributed by atoms with Crippen LogP contribution in [0, 0.1) is 0 Å². The van der Waals surface area contributed by atoms with Crippen LogP contribution in [0.2, 0.25) is 0 Å². The fourth-order valence-corrected chi connectivity index (χ4v) is 0.329. The van der Waals surface area contributed by atoms with Crippen molar-refractivity contribution in [3.63, 3.8) is 0 Å². The van der Waals surface area contributed by atoms with Crippen molar-refractivity contribution < 1.29 is 0 Å². The van der Waals surface area contributed by atoms with E-state index in [0.29, 0.717) is 12.1 Å². The van der Waals surface area contributed by atoms with Gasteiger partial charge in [-0.3, -0.25) is 0 Å². The number of hydrogen-bond acceptors (Lipinski definition) is 2. The molecule has 0 aliphatic rings. The maximum Gasteiger partial charge on any atom is 0.0677 e. The minimum absolute atomic E-state index is 0.346. The predicted molar refractivity (Wildman–Crippen MR) is 39.7 cm³/mol. The fraction of sp³-hybridized carbons (Fsp3) is 1.00. The van der Waals surface area contributed by atoms with Crippen LogP contribution in [0.4, 0.5) is 0 Å². The van der Waals surface area contributed by atoms with Gasteiger partial charge in [0.1, 0.15) is 0 Å². The monoisotopic (exact) mass is 128 g/mol. The SMILES string of the molecule is CCC(C)N=NC(C)C. The van der Waals surface area contributed by atoms with Gasteiger partial charge < -0.3 is 0 Å². The van der Waals surface area contributed by atoms with Crippen molar-refractivity contribution in [3.8, 4) is 0 Å².